The van der Waals surface area contributed by atoms with Crippen LogP contribution in [0.4, 0.5) is 0 Å². The van der Waals surface area contributed by atoms with Crippen LogP contribution in [0.2, 0.25) is 0 Å². The lowest BCUT2D eigenvalue weighted by Gasteiger charge is -2.04. The number of aryl methyl sites for hydroxylation is 1. The van der Waals surface area contributed by atoms with Crippen LogP contribution in [-0.2, 0) is 6.42 Å². The highest BCUT2D eigenvalue weighted by Gasteiger charge is 2.13. The highest BCUT2D eigenvalue weighted by atomic mass is 32.2. The molecule has 0 radical (unpaired) electrons. The van der Waals surface area contributed by atoms with Crippen LogP contribution < -0.4 is 5.56 Å². The fourth-order valence-corrected chi connectivity index (χ4v) is 5.08. The molecule has 1 aromatic carbocycles. The lowest BCUT2D eigenvalue weighted by atomic mass is 10.1. The number of thioether (sulfide) groups is 1. The Morgan fingerprint density at radius 1 is 1.03 bits per heavy atom. The van der Waals surface area contributed by atoms with Crippen LogP contribution in [0, 0.1) is 0 Å². The Morgan fingerprint density at radius 3 is 2.73 bits per heavy atom. The first-order valence-electron chi connectivity index (χ1n) is 9.56. The number of benzene rings is 1. The lowest BCUT2D eigenvalue weighted by Crippen LogP contribution is -2.15. The Hall–Kier alpha value is -3.16. The molecule has 0 atom stereocenters. The van der Waals surface area contributed by atoms with Crippen LogP contribution in [0.25, 0.3) is 27.2 Å². The molecule has 0 saturated heterocycles. The van der Waals surface area contributed by atoms with E-state index in [1.807, 2.05) is 36.4 Å². The van der Waals surface area contributed by atoms with Gasteiger partial charge in [-0.25, -0.2) is 4.98 Å². The molecule has 4 heterocycles. The summed E-state index contributed by atoms with van der Waals surface area (Å²) >= 11 is 3.33. The van der Waals surface area contributed by atoms with Crippen molar-refractivity contribution >= 4 is 28.7 Å². The molecule has 30 heavy (non-hydrogen) atoms. The number of H-pyrrole nitrogens is 1. The zero-order valence-corrected chi connectivity index (χ0v) is 17.6. The van der Waals surface area contributed by atoms with E-state index in [1.54, 1.807) is 41.6 Å². The lowest BCUT2D eigenvalue weighted by molar-refractivity contribution is 0.877. The number of hydrogen-bond donors (Lipinski definition) is 1. The van der Waals surface area contributed by atoms with E-state index >= 15 is 0 Å². The van der Waals surface area contributed by atoms with Crippen molar-refractivity contribution in [1.82, 2.24) is 19.6 Å². The third-order valence-corrected chi connectivity index (χ3v) is 6.69. The van der Waals surface area contributed by atoms with Gasteiger partial charge >= 0.3 is 0 Å². The van der Waals surface area contributed by atoms with Crippen molar-refractivity contribution in [2.75, 3.05) is 5.75 Å². The fraction of sp³-hybridized carbons (Fsp3) is 0.0870. The molecule has 0 unspecified atom stereocenters. The number of hydrogen-bond acceptors (Lipinski definition) is 5. The van der Waals surface area contributed by atoms with Crippen LogP contribution in [0.1, 0.15) is 5.69 Å². The average molecular weight is 431 g/mol. The van der Waals surface area contributed by atoms with Crippen molar-refractivity contribution in [2.24, 2.45) is 0 Å². The molecular weight excluding hydrogens is 412 g/mol. The predicted molar refractivity (Wildman–Crippen MR) is 123 cm³/mol. The summed E-state index contributed by atoms with van der Waals surface area (Å²) in [6.07, 6.45) is 4.30. The highest BCUT2D eigenvalue weighted by Crippen LogP contribution is 2.34. The van der Waals surface area contributed by atoms with Crippen LogP contribution in [0.3, 0.4) is 0 Å². The van der Waals surface area contributed by atoms with Gasteiger partial charge in [0.25, 0.3) is 5.56 Å². The van der Waals surface area contributed by atoms with Gasteiger partial charge in [-0.1, -0.05) is 36.4 Å². The summed E-state index contributed by atoms with van der Waals surface area (Å²) in [7, 11) is 0. The molecule has 5 nitrogen and oxygen atoms in total. The zero-order valence-electron chi connectivity index (χ0n) is 16.0. The van der Waals surface area contributed by atoms with Gasteiger partial charge < -0.3 is 4.98 Å². The van der Waals surface area contributed by atoms with Crippen molar-refractivity contribution in [3.05, 3.63) is 94.5 Å². The molecule has 0 spiro atoms. The third-order valence-electron chi connectivity index (χ3n) is 4.79. The Kier molecular flexibility index (Phi) is 5.21. The molecule has 5 rings (SSSR count). The smallest absolute Gasteiger partial charge is 0.274 e. The molecule has 0 aliphatic carbocycles. The van der Waals surface area contributed by atoms with Crippen molar-refractivity contribution in [1.29, 1.82) is 0 Å². The SMILES string of the molecule is O=c1cc(CCSc2ccccn2)[nH]c2c(-c3cc(-c4ccccc4)cs3)cnn12. The van der Waals surface area contributed by atoms with Gasteiger partial charge in [0.1, 0.15) is 5.65 Å². The van der Waals surface area contributed by atoms with E-state index in [0.29, 0.717) is 0 Å². The Morgan fingerprint density at radius 2 is 1.90 bits per heavy atom. The quantitative estimate of drug-likeness (QED) is 0.379. The maximum absolute atomic E-state index is 12.6. The second-order valence-electron chi connectivity index (χ2n) is 6.78. The maximum atomic E-state index is 12.6. The number of nitrogens with one attached hydrogen (secondary N) is 1. The van der Waals surface area contributed by atoms with E-state index < -0.39 is 0 Å². The monoisotopic (exact) mass is 430 g/mol. The molecule has 0 bridgehead atoms. The molecule has 0 amide bonds. The molecule has 0 aliphatic rings. The fourth-order valence-electron chi connectivity index (χ4n) is 3.31. The number of fused-ring (bicyclic) bond motifs is 1. The van der Waals surface area contributed by atoms with Crippen LogP contribution >= 0.6 is 23.1 Å². The van der Waals surface area contributed by atoms with E-state index in [-0.39, 0.29) is 5.56 Å². The van der Waals surface area contributed by atoms with Gasteiger partial charge in [0, 0.05) is 28.6 Å². The van der Waals surface area contributed by atoms with Gasteiger partial charge in [-0.05, 0) is 41.1 Å². The minimum absolute atomic E-state index is 0.118. The molecule has 1 N–H and O–H groups in total. The zero-order chi connectivity index (χ0) is 20.3. The standard InChI is InChI=1S/C23H18N4OS2/c28-22-13-18(9-11-29-21-8-4-5-10-24-21)26-23-19(14-25-27(22)23)20-12-17(15-30-20)16-6-2-1-3-7-16/h1-8,10,12-15,26H,9,11H2. The Bertz CT molecular complexity index is 1340. The van der Waals surface area contributed by atoms with Crippen molar-refractivity contribution in [3.8, 4) is 21.6 Å². The van der Waals surface area contributed by atoms with Gasteiger partial charge in [0.2, 0.25) is 0 Å². The maximum Gasteiger partial charge on any atom is 0.274 e. The topological polar surface area (TPSA) is 63.0 Å². The first-order valence-corrected chi connectivity index (χ1v) is 11.4. The van der Waals surface area contributed by atoms with Gasteiger partial charge in [-0.3, -0.25) is 4.79 Å². The molecular formula is C23H18N4OS2. The second-order valence-corrected chi connectivity index (χ2v) is 8.81. The van der Waals surface area contributed by atoms with E-state index in [4.69, 9.17) is 0 Å². The molecule has 0 saturated carbocycles. The first kappa shape index (κ1) is 18.8. The van der Waals surface area contributed by atoms with E-state index in [9.17, 15) is 4.79 Å². The first-order chi connectivity index (χ1) is 14.8. The van der Waals surface area contributed by atoms with Gasteiger partial charge in [0.15, 0.2) is 0 Å². The number of pyridine rings is 1. The predicted octanol–water partition coefficient (Wildman–Crippen LogP) is 5.15. The molecule has 148 valence electrons. The number of nitrogens with zero attached hydrogens (tertiary/aromatic N) is 3. The number of aromatic amines is 1. The minimum Gasteiger partial charge on any atom is -0.343 e. The molecule has 0 fully saturated rings. The number of thiophene rings is 1. The number of rotatable bonds is 6. The summed E-state index contributed by atoms with van der Waals surface area (Å²) < 4.78 is 1.44. The summed E-state index contributed by atoms with van der Waals surface area (Å²) in [5, 5.41) is 7.43. The van der Waals surface area contributed by atoms with Crippen molar-refractivity contribution in [2.45, 2.75) is 11.4 Å². The molecule has 4 aromatic heterocycles. The van der Waals surface area contributed by atoms with Crippen LogP contribution in [0.15, 0.2) is 88.3 Å². The van der Waals surface area contributed by atoms with Gasteiger partial charge in [0.05, 0.1) is 16.8 Å². The summed E-state index contributed by atoms with van der Waals surface area (Å²) in [6.45, 7) is 0. The van der Waals surface area contributed by atoms with Crippen molar-refractivity contribution in [3.63, 3.8) is 0 Å². The summed E-state index contributed by atoms with van der Waals surface area (Å²) in [4.78, 5) is 21.4. The van der Waals surface area contributed by atoms with E-state index in [0.717, 1.165) is 39.0 Å². The Balaban J connectivity index is 1.43. The highest BCUT2D eigenvalue weighted by molar-refractivity contribution is 7.99. The number of aromatic nitrogens is 4. The molecule has 0 aliphatic heterocycles. The average Bonchev–Trinajstić information content (AvgIpc) is 3.43. The summed E-state index contributed by atoms with van der Waals surface area (Å²) in [6, 6.07) is 19.9. The summed E-state index contributed by atoms with van der Waals surface area (Å²) in [5.41, 5.74) is 4.81. The van der Waals surface area contributed by atoms with Crippen molar-refractivity contribution < 1.29 is 0 Å². The Labute approximate surface area is 181 Å². The minimum atomic E-state index is -0.118. The normalized spacial score (nSPS) is 11.2. The van der Waals surface area contributed by atoms with Crippen LogP contribution in [-0.4, -0.2) is 25.3 Å². The van der Waals surface area contributed by atoms with Gasteiger partial charge in [-0.2, -0.15) is 9.61 Å². The van der Waals surface area contributed by atoms with E-state index in [1.165, 1.54) is 15.6 Å². The van der Waals surface area contributed by atoms with Gasteiger partial charge in [-0.15, -0.1) is 23.1 Å². The second kappa shape index (κ2) is 8.30. The molecule has 5 aromatic rings. The largest absolute Gasteiger partial charge is 0.343 e. The summed E-state index contributed by atoms with van der Waals surface area (Å²) in [5.74, 6) is 0.837. The molecule has 7 heteroatoms. The van der Waals surface area contributed by atoms with E-state index in [2.05, 4.69) is 38.6 Å². The van der Waals surface area contributed by atoms with Crippen LogP contribution in [0.5, 0.6) is 0 Å². The third kappa shape index (κ3) is 3.81.